The Hall–Kier alpha value is 0.960. The molecule has 0 unspecified atom stereocenters. The summed E-state index contributed by atoms with van der Waals surface area (Å²) in [7, 11) is 8.50. The first-order chi connectivity index (χ1) is 2.00. The fourth-order valence-electron chi connectivity index (χ4n) is 0. The topological polar surface area (TPSA) is 0 Å². The molecule has 0 atom stereocenters. The summed E-state index contributed by atoms with van der Waals surface area (Å²) < 4.78 is 1.00. The Morgan fingerprint density at radius 3 is 0.833 bits per heavy atom. The van der Waals surface area contributed by atoms with E-state index in [-0.39, 0.29) is 29.6 Å². The summed E-state index contributed by atoms with van der Waals surface area (Å²) in [5, 5.41) is 0. The molecule has 0 radical (unpaired) electrons. The monoisotopic (exact) mass is 97.1 g/mol. The first-order valence-electron chi connectivity index (χ1n) is 1.79. The van der Waals surface area contributed by atoms with Crippen LogP contribution in [0.2, 0.25) is 0 Å². The molecule has 0 bridgehead atoms. The van der Waals surface area contributed by atoms with Gasteiger partial charge in [-0.1, -0.05) is 0 Å². The van der Waals surface area contributed by atoms with Crippen LogP contribution < -0.4 is 29.6 Å². The van der Waals surface area contributed by atoms with Crippen molar-refractivity contribution in [1.29, 1.82) is 0 Å². The van der Waals surface area contributed by atoms with Crippen LogP contribution in [0.3, 0.4) is 0 Å². The molecular formula is C4H12NNa+2. The van der Waals surface area contributed by atoms with Gasteiger partial charge >= 0.3 is 29.6 Å². The molecule has 0 amide bonds. The number of hydrogen-bond acceptors (Lipinski definition) is 0. The SMILES string of the molecule is C[N+](C)(C)C.[Na+]. The largest absolute Gasteiger partial charge is 1.00 e. The quantitative estimate of drug-likeness (QED) is 0.228. The van der Waals surface area contributed by atoms with Crippen LogP contribution in [0.1, 0.15) is 0 Å². The summed E-state index contributed by atoms with van der Waals surface area (Å²) in [4.78, 5) is 0. The molecule has 0 spiro atoms. The molecule has 0 N–H and O–H groups in total. The number of quaternary nitrogens is 1. The molecule has 6 heavy (non-hydrogen) atoms. The van der Waals surface area contributed by atoms with Crippen LogP contribution in [-0.2, 0) is 0 Å². The van der Waals surface area contributed by atoms with Crippen molar-refractivity contribution in [3.05, 3.63) is 0 Å². The third-order valence-corrected chi connectivity index (χ3v) is 0. The molecule has 0 rings (SSSR count). The summed E-state index contributed by atoms with van der Waals surface area (Å²) in [6, 6.07) is 0. The summed E-state index contributed by atoms with van der Waals surface area (Å²) >= 11 is 0. The van der Waals surface area contributed by atoms with Crippen LogP contribution in [0.25, 0.3) is 0 Å². The van der Waals surface area contributed by atoms with Crippen molar-refractivity contribution >= 4 is 0 Å². The van der Waals surface area contributed by atoms with E-state index in [2.05, 4.69) is 28.2 Å². The Morgan fingerprint density at radius 2 is 0.833 bits per heavy atom. The normalized spacial score (nSPS) is 10.0. The molecule has 0 aliphatic carbocycles. The van der Waals surface area contributed by atoms with Gasteiger partial charge < -0.3 is 4.48 Å². The van der Waals surface area contributed by atoms with Gasteiger partial charge in [-0.2, -0.15) is 0 Å². The molecule has 0 aromatic carbocycles. The van der Waals surface area contributed by atoms with Gasteiger partial charge in [0.2, 0.25) is 0 Å². The van der Waals surface area contributed by atoms with Crippen molar-refractivity contribution in [2.45, 2.75) is 0 Å². The van der Waals surface area contributed by atoms with Crippen molar-refractivity contribution < 1.29 is 34.0 Å². The molecule has 1 nitrogen and oxygen atoms in total. The smallest absolute Gasteiger partial charge is 0.333 e. The molecular weight excluding hydrogens is 85.0 g/mol. The number of rotatable bonds is 0. The van der Waals surface area contributed by atoms with Crippen LogP contribution in [0.15, 0.2) is 0 Å². The van der Waals surface area contributed by atoms with E-state index >= 15 is 0 Å². The van der Waals surface area contributed by atoms with Crippen molar-refractivity contribution in [1.82, 2.24) is 0 Å². The molecule has 0 saturated carbocycles. The second-order valence-corrected chi connectivity index (χ2v) is 2.68. The predicted octanol–water partition coefficient (Wildman–Crippen LogP) is -2.67. The van der Waals surface area contributed by atoms with Crippen LogP contribution in [-0.4, -0.2) is 32.7 Å². The van der Waals surface area contributed by atoms with Gasteiger partial charge in [0.15, 0.2) is 0 Å². The van der Waals surface area contributed by atoms with Gasteiger partial charge in [0.1, 0.15) is 0 Å². The molecule has 0 aliphatic rings. The maximum atomic E-state index is 2.12. The average molecular weight is 97.1 g/mol. The zero-order chi connectivity index (χ0) is 4.50. The van der Waals surface area contributed by atoms with E-state index in [9.17, 15) is 0 Å². The maximum Gasteiger partial charge on any atom is 1.00 e. The number of nitrogens with zero attached hydrogens (tertiary/aromatic N) is 1. The van der Waals surface area contributed by atoms with Gasteiger partial charge in [0.05, 0.1) is 28.2 Å². The third-order valence-electron chi connectivity index (χ3n) is 0. The van der Waals surface area contributed by atoms with Crippen LogP contribution in [0, 0.1) is 0 Å². The van der Waals surface area contributed by atoms with Gasteiger partial charge in [0.25, 0.3) is 0 Å². The standard InChI is InChI=1S/C4H12N.Na/c1-5(2,3)4;/h1-4H3;/q2*+1. The second kappa shape index (κ2) is 3.03. The average Bonchev–Trinajstić information content (AvgIpc) is 0.722. The van der Waals surface area contributed by atoms with Crippen molar-refractivity contribution in [3.63, 3.8) is 0 Å². The van der Waals surface area contributed by atoms with Crippen LogP contribution in [0.4, 0.5) is 0 Å². The zero-order valence-corrected chi connectivity index (χ0v) is 7.45. The molecule has 0 aromatic heterocycles. The van der Waals surface area contributed by atoms with E-state index in [0.717, 1.165) is 4.48 Å². The van der Waals surface area contributed by atoms with E-state index in [1.807, 2.05) is 0 Å². The van der Waals surface area contributed by atoms with Crippen molar-refractivity contribution in [3.8, 4) is 0 Å². The van der Waals surface area contributed by atoms with Crippen LogP contribution >= 0.6 is 0 Å². The first-order valence-corrected chi connectivity index (χ1v) is 1.79. The maximum absolute atomic E-state index is 2.12. The van der Waals surface area contributed by atoms with E-state index in [4.69, 9.17) is 0 Å². The minimum absolute atomic E-state index is 0. The summed E-state index contributed by atoms with van der Waals surface area (Å²) in [5.74, 6) is 0. The van der Waals surface area contributed by atoms with E-state index in [0.29, 0.717) is 0 Å². The summed E-state index contributed by atoms with van der Waals surface area (Å²) in [6.45, 7) is 0. The molecule has 0 aliphatic heterocycles. The van der Waals surface area contributed by atoms with E-state index in [1.165, 1.54) is 0 Å². The first kappa shape index (κ1) is 10.0. The zero-order valence-electron chi connectivity index (χ0n) is 5.45. The minimum atomic E-state index is 0. The van der Waals surface area contributed by atoms with Gasteiger partial charge in [-0.15, -0.1) is 0 Å². The van der Waals surface area contributed by atoms with E-state index in [1.54, 1.807) is 0 Å². The Balaban J connectivity index is 0. The molecule has 2 heteroatoms. The number of hydrogen-bond donors (Lipinski definition) is 0. The third kappa shape index (κ3) is 84.4. The Bertz CT molecular complexity index is 23.0. The molecule has 0 saturated heterocycles. The predicted molar refractivity (Wildman–Crippen MR) is 24.0 cm³/mol. The fourth-order valence-corrected chi connectivity index (χ4v) is 0. The van der Waals surface area contributed by atoms with Gasteiger partial charge in [-0.25, -0.2) is 0 Å². The fraction of sp³-hybridized carbons (Fsp3) is 1.00. The Kier molecular flexibility index (Phi) is 5.07. The van der Waals surface area contributed by atoms with Crippen molar-refractivity contribution in [2.24, 2.45) is 0 Å². The Morgan fingerprint density at radius 1 is 0.833 bits per heavy atom. The minimum Gasteiger partial charge on any atom is -0.333 e. The summed E-state index contributed by atoms with van der Waals surface area (Å²) in [5.41, 5.74) is 0. The van der Waals surface area contributed by atoms with Gasteiger partial charge in [-0.05, 0) is 0 Å². The molecule has 32 valence electrons. The molecule has 0 fully saturated rings. The summed E-state index contributed by atoms with van der Waals surface area (Å²) in [6.07, 6.45) is 0. The molecule has 0 aromatic rings. The van der Waals surface area contributed by atoms with Gasteiger partial charge in [-0.3, -0.25) is 0 Å². The second-order valence-electron chi connectivity index (χ2n) is 2.68. The van der Waals surface area contributed by atoms with Crippen molar-refractivity contribution in [2.75, 3.05) is 28.2 Å². The van der Waals surface area contributed by atoms with Gasteiger partial charge in [0, 0.05) is 0 Å². The van der Waals surface area contributed by atoms with Crippen LogP contribution in [0.5, 0.6) is 0 Å². The molecule has 0 heterocycles. The Labute approximate surface area is 62.2 Å². The van der Waals surface area contributed by atoms with E-state index < -0.39 is 0 Å².